The van der Waals surface area contributed by atoms with E-state index in [4.69, 9.17) is 4.98 Å². The molecule has 0 amide bonds. The van der Waals surface area contributed by atoms with E-state index in [1.807, 2.05) is 24.0 Å². The Morgan fingerprint density at radius 1 is 1.06 bits per heavy atom. The van der Waals surface area contributed by atoms with Crippen LogP contribution in [0.15, 0.2) is 30.3 Å². The minimum atomic E-state index is -4.24. The number of rotatable bonds is 5. The summed E-state index contributed by atoms with van der Waals surface area (Å²) in [6, 6.07) is 8.69. The van der Waals surface area contributed by atoms with E-state index in [1.54, 1.807) is 18.2 Å². The summed E-state index contributed by atoms with van der Waals surface area (Å²) < 4.78 is 93.0. The molecular formula is C23H26F5N5O2S. The van der Waals surface area contributed by atoms with Gasteiger partial charge >= 0.3 is 16.4 Å². The van der Waals surface area contributed by atoms with Gasteiger partial charge in [-0.3, -0.25) is 13.5 Å². The molecule has 13 heteroatoms. The average Bonchev–Trinajstić information content (AvgIpc) is 3.36. The van der Waals surface area contributed by atoms with E-state index in [9.17, 15) is 30.4 Å². The second kappa shape index (κ2) is 8.44. The van der Waals surface area contributed by atoms with Crippen LogP contribution in [0, 0.1) is 12.8 Å². The zero-order valence-corrected chi connectivity index (χ0v) is 20.6. The second-order valence-electron chi connectivity index (χ2n) is 9.59. The van der Waals surface area contributed by atoms with E-state index in [1.165, 1.54) is 11.9 Å². The van der Waals surface area contributed by atoms with Crippen molar-refractivity contribution in [3.05, 3.63) is 35.9 Å². The Balaban J connectivity index is 1.39. The Hall–Kier alpha value is -2.67. The average molecular weight is 532 g/mol. The quantitative estimate of drug-likeness (QED) is 0.548. The zero-order chi connectivity index (χ0) is 26.0. The van der Waals surface area contributed by atoms with Crippen LogP contribution < -0.4 is 13.5 Å². The molecule has 2 aliphatic heterocycles. The van der Waals surface area contributed by atoms with Crippen LogP contribution >= 0.6 is 0 Å². The standard InChI is InChI=1S/C23H26F5N5O2S/c1-15-3-6-20(32-9-7-31(8-10-32)14-23(26,27)28)29-21(15)16-4-5-18-19(11-16)30(2)36(34,35)33(18)13-17-12-22(17,24)25/h3-6,11,17H,7-10,12-14H2,1-2H3. The lowest BCUT2D eigenvalue weighted by atomic mass is 10.0. The van der Waals surface area contributed by atoms with Gasteiger partial charge in [0.25, 0.3) is 5.92 Å². The maximum atomic E-state index is 13.5. The van der Waals surface area contributed by atoms with Crippen molar-refractivity contribution in [2.45, 2.75) is 25.4 Å². The normalized spacial score (nSPS) is 23.2. The first-order chi connectivity index (χ1) is 16.8. The molecule has 5 rings (SSSR count). The lowest BCUT2D eigenvalue weighted by Crippen LogP contribution is -2.49. The Kier molecular flexibility index (Phi) is 5.86. The molecule has 1 saturated carbocycles. The molecule has 0 spiro atoms. The van der Waals surface area contributed by atoms with Gasteiger partial charge in [0, 0.05) is 57.7 Å². The summed E-state index contributed by atoms with van der Waals surface area (Å²) in [5.74, 6) is -3.21. The van der Waals surface area contributed by atoms with Crippen molar-refractivity contribution in [1.82, 2.24) is 9.88 Å². The van der Waals surface area contributed by atoms with Gasteiger partial charge in [0.1, 0.15) is 5.82 Å². The van der Waals surface area contributed by atoms with Crippen molar-refractivity contribution in [2.24, 2.45) is 5.92 Å². The van der Waals surface area contributed by atoms with Crippen LogP contribution in [-0.4, -0.2) is 76.7 Å². The lowest BCUT2D eigenvalue weighted by Gasteiger charge is -2.35. The van der Waals surface area contributed by atoms with Crippen molar-refractivity contribution in [1.29, 1.82) is 0 Å². The molecular weight excluding hydrogens is 505 g/mol. The molecule has 1 aromatic carbocycles. The van der Waals surface area contributed by atoms with Crippen molar-refractivity contribution in [2.75, 3.05) is 59.8 Å². The summed E-state index contributed by atoms with van der Waals surface area (Å²) in [7, 11) is -2.57. The van der Waals surface area contributed by atoms with E-state index in [2.05, 4.69) is 0 Å². The molecule has 1 atom stereocenters. The number of halogens is 5. The van der Waals surface area contributed by atoms with Crippen molar-refractivity contribution in [3.8, 4) is 11.3 Å². The fourth-order valence-corrected chi connectivity index (χ4v) is 6.23. The third kappa shape index (κ3) is 4.58. The minimum Gasteiger partial charge on any atom is -0.354 e. The van der Waals surface area contributed by atoms with Crippen molar-refractivity contribution < 1.29 is 30.4 Å². The number of nitrogens with zero attached hydrogens (tertiary/aromatic N) is 5. The summed E-state index contributed by atoms with van der Waals surface area (Å²) in [5.41, 5.74) is 2.84. The number of hydrogen-bond donors (Lipinski definition) is 0. The molecule has 1 aromatic heterocycles. The van der Waals surface area contributed by atoms with E-state index in [-0.39, 0.29) is 26.1 Å². The van der Waals surface area contributed by atoms with E-state index < -0.39 is 34.8 Å². The van der Waals surface area contributed by atoms with Crippen molar-refractivity contribution in [3.63, 3.8) is 0 Å². The van der Waals surface area contributed by atoms with Gasteiger partial charge in [-0.05, 0) is 30.7 Å². The predicted molar refractivity (Wildman–Crippen MR) is 127 cm³/mol. The van der Waals surface area contributed by atoms with Gasteiger partial charge in [0.2, 0.25) is 0 Å². The maximum absolute atomic E-state index is 13.5. The molecule has 2 fully saturated rings. The van der Waals surface area contributed by atoms with Crippen LogP contribution in [0.1, 0.15) is 12.0 Å². The van der Waals surface area contributed by atoms with Gasteiger partial charge in [-0.25, -0.2) is 13.8 Å². The molecule has 1 aliphatic carbocycles. The molecule has 0 bridgehead atoms. The minimum absolute atomic E-state index is 0.266. The van der Waals surface area contributed by atoms with E-state index >= 15 is 0 Å². The molecule has 0 N–H and O–H groups in total. The Labute approximate surface area is 206 Å². The summed E-state index contributed by atoms with van der Waals surface area (Å²) in [6.45, 7) is 1.98. The smallest absolute Gasteiger partial charge is 0.354 e. The van der Waals surface area contributed by atoms with Crippen LogP contribution in [0.5, 0.6) is 0 Å². The summed E-state index contributed by atoms with van der Waals surface area (Å²) >= 11 is 0. The molecule has 3 aliphatic rings. The number of piperazine rings is 1. The van der Waals surface area contributed by atoms with Gasteiger partial charge in [-0.1, -0.05) is 12.1 Å². The molecule has 1 unspecified atom stereocenters. The number of pyridine rings is 1. The van der Waals surface area contributed by atoms with Gasteiger partial charge < -0.3 is 4.90 Å². The number of alkyl halides is 5. The molecule has 7 nitrogen and oxygen atoms in total. The number of anilines is 3. The van der Waals surface area contributed by atoms with Gasteiger partial charge in [0.15, 0.2) is 0 Å². The fourth-order valence-electron chi connectivity index (χ4n) is 4.77. The molecule has 36 heavy (non-hydrogen) atoms. The number of hydrogen-bond acceptors (Lipinski definition) is 5. The summed E-state index contributed by atoms with van der Waals surface area (Å²) in [5, 5.41) is 0. The molecule has 2 aromatic rings. The number of benzene rings is 1. The Bertz CT molecular complexity index is 1280. The van der Waals surface area contributed by atoms with E-state index in [0.29, 0.717) is 41.5 Å². The van der Waals surface area contributed by atoms with Crippen molar-refractivity contribution >= 4 is 27.4 Å². The number of fused-ring (bicyclic) bond motifs is 1. The van der Waals surface area contributed by atoms with Gasteiger partial charge in [-0.15, -0.1) is 0 Å². The van der Waals surface area contributed by atoms with Crippen LogP contribution in [0.3, 0.4) is 0 Å². The highest BCUT2D eigenvalue weighted by atomic mass is 32.2. The van der Waals surface area contributed by atoms with Gasteiger partial charge in [0.05, 0.1) is 23.6 Å². The number of aromatic nitrogens is 1. The van der Waals surface area contributed by atoms with Crippen LogP contribution in [-0.2, 0) is 10.2 Å². The first-order valence-electron chi connectivity index (χ1n) is 11.6. The third-order valence-electron chi connectivity index (χ3n) is 7.00. The first-order valence-corrected chi connectivity index (χ1v) is 13.0. The van der Waals surface area contributed by atoms with Crippen LogP contribution in [0.4, 0.5) is 39.1 Å². The molecule has 1 saturated heterocycles. The van der Waals surface area contributed by atoms with Crippen LogP contribution in [0.2, 0.25) is 0 Å². The Morgan fingerprint density at radius 2 is 1.72 bits per heavy atom. The third-order valence-corrected chi connectivity index (χ3v) is 8.80. The summed E-state index contributed by atoms with van der Waals surface area (Å²) in [6.07, 6.45) is -4.56. The largest absolute Gasteiger partial charge is 0.401 e. The second-order valence-corrected chi connectivity index (χ2v) is 11.5. The number of aryl methyl sites for hydroxylation is 1. The SMILES string of the molecule is Cc1ccc(N2CCN(CC(F)(F)F)CC2)nc1-c1ccc2c(c1)N(C)S(=O)(=O)N2CC1CC1(F)F. The highest BCUT2D eigenvalue weighted by Crippen LogP contribution is 2.51. The lowest BCUT2D eigenvalue weighted by molar-refractivity contribution is -0.146. The van der Waals surface area contributed by atoms with Crippen LogP contribution in [0.25, 0.3) is 11.3 Å². The van der Waals surface area contributed by atoms with Gasteiger partial charge in [-0.2, -0.15) is 21.6 Å². The molecule has 3 heterocycles. The van der Waals surface area contributed by atoms with E-state index in [0.717, 1.165) is 14.2 Å². The Morgan fingerprint density at radius 3 is 2.33 bits per heavy atom. The highest BCUT2D eigenvalue weighted by molar-refractivity contribution is 7.94. The first kappa shape index (κ1) is 25.0. The maximum Gasteiger partial charge on any atom is 0.401 e. The zero-order valence-electron chi connectivity index (χ0n) is 19.8. The monoisotopic (exact) mass is 531 g/mol. The highest BCUT2D eigenvalue weighted by Gasteiger charge is 2.59. The molecule has 0 radical (unpaired) electrons. The predicted octanol–water partition coefficient (Wildman–Crippen LogP) is 3.90. The topological polar surface area (TPSA) is 60.0 Å². The fraction of sp³-hybridized carbons (Fsp3) is 0.522. The summed E-state index contributed by atoms with van der Waals surface area (Å²) in [4.78, 5) is 8.05. The molecule has 196 valence electrons.